The number of aromatic nitrogens is 1. The molecule has 0 aliphatic heterocycles. The Labute approximate surface area is 215 Å². The minimum atomic E-state index is -0.718. The molecule has 0 aliphatic carbocycles. The van der Waals surface area contributed by atoms with Gasteiger partial charge in [-0.3, -0.25) is 4.79 Å². The van der Waals surface area contributed by atoms with Crippen LogP contribution in [0.25, 0.3) is 10.9 Å². The van der Waals surface area contributed by atoms with Crippen molar-refractivity contribution in [2.75, 3.05) is 18.6 Å². The predicted octanol–water partition coefficient (Wildman–Crippen LogP) is 6.18. The molecule has 7 nitrogen and oxygen atoms in total. The molecule has 1 heterocycles. The lowest BCUT2D eigenvalue weighted by molar-refractivity contribution is -0.120. The molecule has 0 bridgehead atoms. The van der Waals surface area contributed by atoms with E-state index in [0.29, 0.717) is 33.8 Å². The summed E-state index contributed by atoms with van der Waals surface area (Å²) in [5.41, 5.74) is 0.877. The van der Waals surface area contributed by atoms with E-state index in [-0.39, 0.29) is 19.1 Å². The number of likely N-dealkylation sites (N-methyl/N-ethyl adjacent to an activating group) is 1. The number of benzene rings is 3. The van der Waals surface area contributed by atoms with E-state index in [1.807, 2.05) is 18.2 Å². The van der Waals surface area contributed by atoms with Crippen LogP contribution in [0.4, 0.5) is 14.9 Å². The number of fused-ring (bicyclic) bond motifs is 1. The number of hydrogen-bond acceptors (Lipinski definition) is 5. The van der Waals surface area contributed by atoms with Gasteiger partial charge in [-0.25, -0.2) is 13.8 Å². The molecule has 0 saturated heterocycles. The van der Waals surface area contributed by atoms with Gasteiger partial charge in [-0.05, 0) is 81.4 Å². The summed E-state index contributed by atoms with van der Waals surface area (Å²) in [6, 6.07) is 22.1. The molecule has 0 atom stereocenters. The average Bonchev–Trinajstić information content (AvgIpc) is 3.23. The topological polar surface area (TPSA) is 70.0 Å². The van der Waals surface area contributed by atoms with Crippen molar-refractivity contribution >= 4 is 28.6 Å². The van der Waals surface area contributed by atoms with E-state index in [0.717, 1.165) is 0 Å². The number of amides is 1. The van der Waals surface area contributed by atoms with E-state index in [4.69, 9.17) is 14.2 Å². The lowest BCUT2D eigenvalue weighted by atomic mass is 10.2. The molecule has 0 radical (unpaired) electrons. The summed E-state index contributed by atoms with van der Waals surface area (Å²) in [4.78, 5) is 26.9. The Morgan fingerprint density at radius 2 is 1.57 bits per heavy atom. The van der Waals surface area contributed by atoms with Gasteiger partial charge in [0, 0.05) is 18.1 Å². The maximum absolute atomic E-state index is 13.9. The Morgan fingerprint density at radius 3 is 2.24 bits per heavy atom. The zero-order valence-electron chi connectivity index (χ0n) is 21.2. The molecule has 8 heteroatoms. The highest BCUT2D eigenvalue weighted by Gasteiger charge is 2.23. The summed E-state index contributed by atoms with van der Waals surface area (Å²) >= 11 is 0. The second-order valence-electron chi connectivity index (χ2n) is 9.49. The van der Waals surface area contributed by atoms with Crippen molar-refractivity contribution < 1.29 is 28.2 Å². The van der Waals surface area contributed by atoms with E-state index in [9.17, 15) is 14.0 Å². The van der Waals surface area contributed by atoms with Crippen molar-refractivity contribution in [2.45, 2.75) is 33.0 Å². The third kappa shape index (κ3) is 6.46. The molecule has 0 fully saturated rings. The molecule has 3 aromatic carbocycles. The predicted molar refractivity (Wildman–Crippen MR) is 140 cm³/mol. The first kappa shape index (κ1) is 25.8. The lowest BCUT2D eigenvalue weighted by Crippen LogP contribution is -2.31. The number of para-hydroxylation sites is 1. The lowest BCUT2D eigenvalue weighted by Gasteiger charge is -2.21. The highest BCUT2D eigenvalue weighted by atomic mass is 19.1. The molecule has 0 aliphatic rings. The number of carbonyl (C=O) groups excluding carboxylic acids is 2. The van der Waals surface area contributed by atoms with E-state index in [2.05, 4.69) is 0 Å². The smallest absolute Gasteiger partial charge is 0.419 e. The van der Waals surface area contributed by atoms with Gasteiger partial charge < -0.3 is 19.1 Å². The Hall–Kier alpha value is -4.33. The van der Waals surface area contributed by atoms with Crippen molar-refractivity contribution in [3.63, 3.8) is 0 Å². The number of nitrogens with zero attached hydrogens (tertiary/aromatic N) is 2. The van der Waals surface area contributed by atoms with Gasteiger partial charge in [0.2, 0.25) is 0 Å². The Morgan fingerprint density at radius 1 is 0.892 bits per heavy atom. The van der Waals surface area contributed by atoms with Crippen LogP contribution in [-0.4, -0.2) is 35.8 Å². The van der Waals surface area contributed by atoms with E-state index in [1.54, 1.807) is 76.3 Å². The van der Waals surface area contributed by atoms with Crippen molar-refractivity contribution in [2.24, 2.45) is 0 Å². The van der Waals surface area contributed by atoms with Crippen LogP contribution in [0, 0.1) is 5.82 Å². The summed E-state index contributed by atoms with van der Waals surface area (Å²) in [6.07, 6.45) is -0.611. The van der Waals surface area contributed by atoms with Gasteiger partial charge in [-0.15, -0.1) is 0 Å². The maximum atomic E-state index is 13.9. The minimum absolute atomic E-state index is 0.0502. The summed E-state index contributed by atoms with van der Waals surface area (Å²) in [7, 11) is 1.67. The summed E-state index contributed by atoms with van der Waals surface area (Å²) in [5, 5.41) is 0.694. The van der Waals surface area contributed by atoms with E-state index >= 15 is 0 Å². The molecule has 192 valence electrons. The number of rotatable bonds is 7. The van der Waals surface area contributed by atoms with Gasteiger partial charge in [-0.1, -0.05) is 18.2 Å². The van der Waals surface area contributed by atoms with Gasteiger partial charge in [0.15, 0.2) is 6.61 Å². The molecule has 37 heavy (non-hydrogen) atoms. The molecule has 1 aromatic heterocycles. The van der Waals surface area contributed by atoms with Crippen molar-refractivity contribution in [3.05, 3.63) is 90.4 Å². The van der Waals surface area contributed by atoms with Crippen LogP contribution in [0.1, 0.15) is 26.5 Å². The van der Waals surface area contributed by atoms with Crippen LogP contribution in [0.5, 0.6) is 11.5 Å². The second-order valence-corrected chi connectivity index (χ2v) is 9.49. The summed E-state index contributed by atoms with van der Waals surface area (Å²) in [6.45, 7) is 5.27. The van der Waals surface area contributed by atoms with Crippen LogP contribution in [-0.2, 0) is 16.1 Å². The van der Waals surface area contributed by atoms with Crippen LogP contribution < -0.4 is 14.4 Å². The van der Waals surface area contributed by atoms with Crippen molar-refractivity contribution in [1.82, 2.24) is 4.57 Å². The molecule has 0 unspecified atom stereocenters. The normalized spacial score (nSPS) is 11.3. The highest BCUT2D eigenvalue weighted by Crippen LogP contribution is 2.25. The van der Waals surface area contributed by atoms with Crippen LogP contribution in [0.15, 0.2) is 78.9 Å². The van der Waals surface area contributed by atoms with Gasteiger partial charge in [0.25, 0.3) is 5.91 Å². The Balaban J connectivity index is 1.44. The first-order chi connectivity index (χ1) is 17.6. The van der Waals surface area contributed by atoms with E-state index in [1.165, 1.54) is 21.6 Å². The second kappa shape index (κ2) is 10.7. The fourth-order valence-electron chi connectivity index (χ4n) is 3.69. The number of anilines is 1. The monoisotopic (exact) mass is 504 g/mol. The SMILES string of the molecule is CN(C(=O)COc1ccccc1)c1ccc(OCc2cc3ccc(F)cc3n2C(=O)OC(C)(C)C)cc1. The van der Waals surface area contributed by atoms with Gasteiger partial charge in [0.1, 0.15) is 29.5 Å². The molecular weight excluding hydrogens is 475 g/mol. The maximum Gasteiger partial charge on any atom is 0.419 e. The largest absolute Gasteiger partial charge is 0.487 e. The van der Waals surface area contributed by atoms with Crippen molar-refractivity contribution in [3.8, 4) is 11.5 Å². The van der Waals surface area contributed by atoms with Crippen LogP contribution in [0.3, 0.4) is 0 Å². The molecule has 0 N–H and O–H groups in total. The molecular formula is C29H29FN2O5. The van der Waals surface area contributed by atoms with Gasteiger partial charge in [-0.2, -0.15) is 0 Å². The van der Waals surface area contributed by atoms with Crippen molar-refractivity contribution in [1.29, 1.82) is 0 Å². The average molecular weight is 505 g/mol. The summed E-state index contributed by atoms with van der Waals surface area (Å²) in [5.74, 6) is 0.509. The molecule has 0 saturated carbocycles. The third-order valence-corrected chi connectivity index (χ3v) is 5.51. The fourth-order valence-corrected chi connectivity index (χ4v) is 3.69. The van der Waals surface area contributed by atoms with E-state index < -0.39 is 17.5 Å². The first-order valence-electron chi connectivity index (χ1n) is 11.8. The molecule has 0 spiro atoms. The Kier molecular flexibility index (Phi) is 7.47. The molecule has 4 rings (SSSR count). The number of hydrogen-bond donors (Lipinski definition) is 0. The quantitative estimate of drug-likeness (QED) is 0.300. The third-order valence-electron chi connectivity index (χ3n) is 5.51. The number of halogens is 1. The standard InChI is InChI=1S/C29H29FN2O5/c1-29(2,3)37-28(34)32-23(16-20-10-11-21(30)17-26(20)32)18-35-25-14-12-22(13-15-25)31(4)27(33)19-36-24-8-6-5-7-9-24/h5-17H,18-19H2,1-4H3. The zero-order valence-corrected chi connectivity index (χ0v) is 21.2. The summed E-state index contributed by atoms with van der Waals surface area (Å²) < 4.78 is 32.3. The Bertz CT molecular complexity index is 1390. The van der Waals surface area contributed by atoms with Crippen LogP contribution >= 0.6 is 0 Å². The minimum Gasteiger partial charge on any atom is -0.487 e. The molecule has 4 aromatic rings. The van der Waals surface area contributed by atoms with Gasteiger partial charge in [0.05, 0.1) is 11.2 Å². The zero-order chi connectivity index (χ0) is 26.6. The fraction of sp³-hybridized carbons (Fsp3) is 0.241. The number of ether oxygens (including phenoxy) is 3. The first-order valence-corrected chi connectivity index (χ1v) is 11.8. The number of carbonyl (C=O) groups is 2. The highest BCUT2D eigenvalue weighted by molar-refractivity contribution is 5.94. The molecule has 1 amide bonds. The van der Waals surface area contributed by atoms with Gasteiger partial charge >= 0.3 is 6.09 Å². The van der Waals surface area contributed by atoms with Crippen LogP contribution in [0.2, 0.25) is 0 Å².